The second kappa shape index (κ2) is 12.2. The van der Waals surface area contributed by atoms with E-state index in [1.807, 2.05) is 30.3 Å². The van der Waals surface area contributed by atoms with Gasteiger partial charge in [0, 0.05) is 25.0 Å². The molecule has 2 saturated heterocycles. The van der Waals surface area contributed by atoms with E-state index in [0.29, 0.717) is 5.69 Å². The predicted molar refractivity (Wildman–Crippen MR) is 138 cm³/mol. The minimum Gasteiger partial charge on any atom is -0.442 e. The van der Waals surface area contributed by atoms with Gasteiger partial charge in [0.2, 0.25) is 11.8 Å². The molecular weight excluding hydrogens is 496 g/mol. The van der Waals surface area contributed by atoms with Crippen LogP contribution in [-0.4, -0.2) is 74.7 Å². The number of rotatable bonds is 9. The lowest BCUT2D eigenvalue weighted by Gasteiger charge is -2.35. The highest BCUT2D eigenvalue weighted by atomic mass is 19.1. The summed E-state index contributed by atoms with van der Waals surface area (Å²) in [5, 5.41) is 16.0. The number of amides is 3. The maximum Gasteiger partial charge on any atom is 0.497 e. The van der Waals surface area contributed by atoms with E-state index in [4.69, 9.17) is 14.0 Å². The Kier molecular flexibility index (Phi) is 8.77. The Bertz CT molecular complexity index is 1190. The molecule has 38 heavy (non-hydrogen) atoms. The normalized spacial score (nSPS) is 18.9. The van der Waals surface area contributed by atoms with Crippen LogP contribution in [-0.2, 0) is 23.6 Å². The minimum atomic E-state index is -1.34. The molecule has 2 aliphatic rings. The van der Waals surface area contributed by atoms with Gasteiger partial charge in [-0.25, -0.2) is 9.18 Å². The van der Waals surface area contributed by atoms with Crippen LogP contribution in [0.1, 0.15) is 18.9 Å². The van der Waals surface area contributed by atoms with Crippen LogP contribution in [0.25, 0.3) is 6.08 Å². The number of aliphatic hydroxyl groups is 1. The zero-order valence-electron chi connectivity index (χ0n) is 20.9. The lowest BCUT2D eigenvalue weighted by molar-refractivity contribution is -0.119. The molecule has 0 unspecified atom stereocenters. The van der Waals surface area contributed by atoms with Gasteiger partial charge in [-0.15, -0.1) is 0 Å². The van der Waals surface area contributed by atoms with Gasteiger partial charge in [-0.2, -0.15) is 0 Å². The number of hydrogen-bond acceptors (Lipinski definition) is 7. The van der Waals surface area contributed by atoms with Gasteiger partial charge in [-0.05, 0) is 30.2 Å². The monoisotopic (exact) mass is 525 g/mol. The molecule has 0 radical (unpaired) electrons. The zero-order chi connectivity index (χ0) is 27.1. The van der Waals surface area contributed by atoms with Gasteiger partial charge in [0.1, 0.15) is 17.5 Å². The number of carbonyl (C=O) groups is 3. The first-order valence-electron chi connectivity index (χ1n) is 12.2. The van der Waals surface area contributed by atoms with Gasteiger partial charge in [-0.1, -0.05) is 36.4 Å². The number of cyclic esters (lactones) is 1. The highest BCUT2D eigenvalue weighted by Crippen LogP contribution is 2.23. The molecule has 10 nitrogen and oxygen atoms in total. The summed E-state index contributed by atoms with van der Waals surface area (Å²) in [6.07, 6.45) is 2.12. The molecule has 4 rings (SSSR count). The highest BCUT2D eigenvalue weighted by molar-refractivity contribution is 6.61. The number of nitrogens with zero attached hydrogens (tertiary/aromatic N) is 1. The summed E-state index contributed by atoms with van der Waals surface area (Å²) in [7, 11) is -1.04. The summed E-state index contributed by atoms with van der Waals surface area (Å²) in [6, 6.07) is 13.6. The average Bonchev–Trinajstić information content (AvgIpc) is 3.28. The maximum atomic E-state index is 14.9. The Balaban J connectivity index is 1.25. The lowest BCUT2D eigenvalue weighted by atomic mass is 9.76. The second-order valence-corrected chi connectivity index (χ2v) is 9.22. The van der Waals surface area contributed by atoms with E-state index < -0.39 is 30.7 Å². The number of hydrogen-bond donors (Lipinski definition) is 3. The Labute approximate surface area is 219 Å². The number of ether oxygens (including phenoxy) is 1. The lowest BCUT2D eigenvalue weighted by Crippen LogP contribution is -2.55. The fourth-order valence-corrected chi connectivity index (χ4v) is 4.06. The number of nitrogens with one attached hydrogen (secondary N) is 2. The summed E-state index contributed by atoms with van der Waals surface area (Å²) < 4.78 is 31.3. The van der Waals surface area contributed by atoms with Crippen molar-refractivity contribution in [3.05, 3.63) is 66.0 Å². The van der Waals surface area contributed by atoms with Gasteiger partial charge in [0.05, 0.1) is 32.0 Å². The van der Waals surface area contributed by atoms with E-state index in [1.54, 1.807) is 12.1 Å². The van der Waals surface area contributed by atoms with Crippen LogP contribution in [0.15, 0.2) is 54.6 Å². The predicted octanol–water partition coefficient (Wildman–Crippen LogP) is 0.980. The van der Waals surface area contributed by atoms with Crippen molar-refractivity contribution in [2.45, 2.75) is 25.0 Å². The number of halogens is 1. The molecule has 3 amide bonds. The highest BCUT2D eigenvalue weighted by Gasteiger charge is 2.40. The molecule has 1 atom stereocenters. The standard InChI is InChI=1S/C26H29BFN3O7/c1-18(32)30-14-21-15-31(25(34)38-21)20-8-9-22(23(28)13-20)27-36-16-26(35,17-37-27)11-12-29-24(33)10-7-19-5-3-2-4-6-19/h2-10,13,21,35H,11-12,14-17H2,1H3,(H,29,33)(H,30,32)/t21-/m0/s1. The van der Waals surface area contributed by atoms with Crippen molar-refractivity contribution in [1.29, 1.82) is 0 Å². The van der Waals surface area contributed by atoms with Gasteiger partial charge in [0.15, 0.2) is 0 Å². The van der Waals surface area contributed by atoms with Crippen molar-refractivity contribution in [1.82, 2.24) is 10.6 Å². The second-order valence-electron chi connectivity index (χ2n) is 9.22. The van der Waals surface area contributed by atoms with E-state index in [2.05, 4.69) is 10.6 Å². The van der Waals surface area contributed by atoms with Gasteiger partial charge in [-0.3, -0.25) is 14.5 Å². The molecule has 2 aliphatic heterocycles. The van der Waals surface area contributed by atoms with Crippen LogP contribution in [0.3, 0.4) is 0 Å². The van der Waals surface area contributed by atoms with E-state index in [9.17, 15) is 23.9 Å². The number of anilines is 1. The first kappa shape index (κ1) is 27.3. The molecule has 2 aromatic carbocycles. The minimum absolute atomic E-state index is 0.113. The summed E-state index contributed by atoms with van der Waals surface area (Å²) in [5.74, 6) is -1.18. The molecule has 0 saturated carbocycles. The Morgan fingerprint density at radius 3 is 2.61 bits per heavy atom. The molecule has 12 heteroatoms. The van der Waals surface area contributed by atoms with Crippen LogP contribution in [0.5, 0.6) is 0 Å². The van der Waals surface area contributed by atoms with Crippen molar-refractivity contribution in [2.75, 3.05) is 37.7 Å². The third kappa shape index (κ3) is 7.18. The third-order valence-corrected chi connectivity index (χ3v) is 6.13. The van der Waals surface area contributed by atoms with Crippen LogP contribution >= 0.6 is 0 Å². The van der Waals surface area contributed by atoms with E-state index >= 15 is 0 Å². The fourth-order valence-electron chi connectivity index (χ4n) is 4.06. The summed E-state index contributed by atoms with van der Waals surface area (Å²) in [4.78, 5) is 36.6. The maximum absolute atomic E-state index is 14.9. The van der Waals surface area contributed by atoms with Crippen molar-refractivity contribution in [3.8, 4) is 0 Å². The molecule has 2 aromatic rings. The molecule has 0 bridgehead atoms. The first-order chi connectivity index (χ1) is 18.2. The van der Waals surface area contributed by atoms with Crippen LogP contribution in [0.2, 0.25) is 0 Å². The van der Waals surface area contributed by atoms with E-state index in [0.717, 1.165) is 5.56 Å². The van der Waals surface area contributed by atoms with Crippen LogP contribution in [0.4, 0.5) is 14.9 Å². The zero-order valence-corrected chi connectivity index (χ0v) is 20.9. The van der Waals surface area contributed by atoms with Crippen molar-refractivity contribution in [3.63, 3.8) is 0 Å². The van der Waals surface area contributed by atoms with Crippen LogP contribution < -0.4 is 21.0 Å². The average molecular weight is 525 g/mol. The molecule has 0 aromatic heterocycles. The van der Waals surface area contributed by atoms with Crippen LogP contribution in [0, 0.1) is 5.82 Å². The Hall–Kier alpha value is -3.74. The largest absolute Gasteiger partial charge is 0.497 e. The molecule has 0 aliphatic carbocycles. The quantitative estimate of drug-likeness (QED) is 0.329. The fraction of sp³-hybridized carbons (Fsp3) is 0.346. The first-order valence-corrected chi connectivity index (χ1v) is 12.2. The van der Waals surface area contributed by atoms with Gasteiger partial charge < -0.3 is 29.8 Å². The van der Waals surface area contributed by atoms with E-state index in [-0.39, 0.29) is 56.5 Å². The summed E-state index contributed by atoms with van der Waals surface area (Å²) in [6.45, 7) is 1.67. The smallest absolute Gasteiger partial charge is 0.442 e. The molecule has 2 fully saturated rings. The molecule has 3 N–H and O–H groups in total. The molecular formula is C26H29BFN3O7. The molecule has 200 valence electrons. The van der Waals surface area contributed by atoms with Crippen molar-refractivity contribution in [2.24, 2.45) is 0 Å². The Morgan fingerprint density at radius 2 is 1.92 bits per heavy atom. The number of benzene rings is 2. The molecule has 0 spiro atoms. The van der Waals surface area contributed by atoms with Crippen molar-refractivity contribution >= 4 is 42.3 Å². The number of carbonyl (C=O) groups excluding carboxylic acids is 3. The van der Waals surface area contributed by atoms with Gasteiger partial charge in [0.25, 0.3) is 0 Å². The SMILES string of the molecule is CC(=O)NC[C@H]1CN(c2ccc(B3OCC(O)(CCNC(=O)C=Cc4ccccc4)CO3)c(F)c2)C(=O)O1. The summed E-state index contributed by atoms with van der Waals surface area (Å²) in [5.41, 5.74) is -0.0254. The topological polar surface area (TPSA) is 126 Å². The van der Waals surface area contributed by atoms with E-state index in [1.165, 1.54) is 30.0 Å². The molecule has 2 heterocycles. The summed E-state index contributed by atoms with van der Waals surface area (Å²) >= 11 is 0. The van der Waals surface area contributed by atoms with Gasteiger partial charge >= 0.3 is 13.2 Å². The third-order valence-electron chi connectivity index (χ3n) is 6.13. The van der Waals surface area contributed by atoms with Crippen molar-refractivity contribution < 1.29 is 37.9 Å². The Morgan fingerprint density at radius 1 is 1.18 bits per heavy atom.